The maximum absolute atomic E-state index is 11.3. The minimum atomic E-state index is -1.23. The van der Waals surface area contributed by atoms with E-state index in [0.29, 0.717) is 10.7 Å². The van der Waals surface area contributed by atoms with E-state index in [2.05, 4.69) is 5.10 Å². The van der Waals surface area contributed by atoms with Crippen molar-refractivity contribution < 1.29 is 9.90 Å². The van der Waals surface area contributed by atoms with Crippen LogP contribution < -0.4 is 5.73 Å². The van der Waals surface area contributed by atoms with Crippen LogP contribution >= 0.6 is 11.6 Å². The zero-order valence-electron chi connectivity index (χ0n) is 9.90. The lowest BCUT2D eigenvalue weighted by atomic mass is 9.94. The number of aryl methyl sites for hydroxylation is 1. The maximum atomic E-state index is 11.3. The molecule has 0 bridgehead atoms. The van der Waals surface area contributed by atoms with E-state index in [0.717, 1.165) is 18.5 Å². The van der Waals surface area contributed by atoms with Gasteiger partial charge in [0, 0.05) is 0 Å². The van der Waals surface area contributed by atoms with E-state index >= 15 is 0 Å². The first kappa shape index (κ1) is 12.4. The summed E-state index contributed by atoms with van der Waals surface area (Å²) in [6.07, 6.45) is 1.74. The number of hydrogen-bond acceptors (Lipinski definition) is 3. The van der Waals surface area contributed by atoms with Crippen LogP contribution in [0.4, 0.5) is 0 Å². The van der Waals surface area contributed by atoms with E-state index in [4.69, 9.17) is 17.3 Å². The van der Waals surface area contributed by atoms with Gasteiger partial charge in [-0.1, -0.05) is 11.6 Å². The summed E-state index contributed by atoms with van der Waals surface area (Å²) in [4.78, 5) is 11.3. The summed E-state index contributed by atoms with van der Waals surface area (Å²) in [6, 6.07) is 0. The summed E-state index contributed by atoms with van der Waals surface area (Å²) in [5, 5.41) is 14.1. The van der Waals surface area contributed by atoms with Gasteiger partial charge in [0.1, 0.15) is 5.54 Å². The van der Waals surface area contributed by atoms with Crippen LogP contribution in [0.2, 0.25) is 5.02 Å². The molecule has 5 nitrogen and oxygen atoms in total. The van der Waals surface area contributed by atoms with Gasteiger partial charge in [0.15, 0.2) is 0 Å². The number of rotatable bonds is 4. The Bertz CT molecular complexity index is 468. The van der Waals surface area contributed by atoms with Crippen molar-refractivity contribution in [1.29, 1.82) is 0 Å². The number of carboxylic acids is 1. The molecule has 0 saturated heterocycles. The highest BCUT2D eigenvalue weighted by atomic mass is 35.5. The smallest absolute Gasteiger partial charge is 0.325 e. The molecule has 0 amide bonds. The molecule has 0 spiro atoms. The van der Waals surface area contributed by atoms with Gasteiger partial charge in [-0.15, -0.1) is 0 Å². The van der Waals surface area contributed by atoms with Crippen LogP contribution in [0.25, 0.3) is 0 Å². The lowest BCUT2D eigenvalue weighted by Gasteiger charge is -2.24. The molecule has 1 unspecified atom stereocenters. The van der Waals surface area contributed by atoms with Gasteiger partial charge in [-0.2, -0.15) is 5.10 Å². The van der Waals surface area contributed by atoms with E-state index in [1.807, 2.05) is 6.92 Å². The first-order valence-electron chi connectivity index (χ1n) is 5.58. The molecule has 1 aromatic heterocycles. The summed E-state index contributed by atoms with van der Waals surface area (Å²) < 4.78 is 1.60. The second-order valence-corrected chi connectivity index (χ2v) is 5.14. The molecule has 0 aromatic carbocycles. The average molecular weight is 258 g/mol. The minimum absolute atomic E-state index is 0.0441. The normalized spacial score (nSPS) is 19.1. The van der Waals surface area contributed by atoms with Gasteiger partial charge >= 0.3 is 5.97 Å². The van der Waals surface area contributed by atoms with Crippen molar-refractivity contribution in [2.75, 3.05) is 0 Å². The van der Waals surface area contributed by atoms with Crippen LogP contribution in [0.1, 0.15) is 24.2 Å². The molecule has 1 fully saturated rings. The number of nitrogens with zero attached hydrogens (tertiary/aromatic N) is 2. The molecule has 3 N–H and O–H groups in total. The molecule has 1 aromatic rings. The standard InChI is InChI=1S/C11H16ClN3O2/c1-6-9(12)7(2)15(14-6)5-11(13,10(16)17)8-3-4-8/h8H,3-5,13H2,1-2H3,(H,16,17). The van der Waals surface area contributed by atoms with E-state index < -0.39 is 11.5 Å². The lowest BCUT2D eigenvalue weighted by molar-refractivity contribution is -0.145. The second-order valence-electron chi connectivity index (χ2n) is 4.76. The molecule has 17 heavy (non-hydrogen) atoms. The Labute approximate surface area is 105 Å². The van der Waals surface area contributed by atoms with Crippen molar-refractivity contribution in [1.82, 2.24) is 9.78 Å². The van der Waals surface area contributed by atoms with E-state index in [-0.39, 0.29) is 12.5 Å². The molecule has 1 atom stereocenters. The highest BCUT2D eigenvalue weighted by Gasteiger charge is 2.49. The predicted molar refractivity (Wildman–Crippen MR) is 64.0 cm³/mol. The summed E-state index contributed by atoms with van der Waals surface area (Å²) in [6.45, 7) is 3.78. The molecular formula is C11H16ClN3O2. The molecular weight excluding hydrogens is 242 g/mol. The largest absolute Gasteiger partial charge is 0.480 e. The lowest BCUT2D eigenvalue weighted by Crippen LogP contribution is -2.53. The fourth-order valence-corrected chi connectivity index (χ4v) is 2.18. The van der Waals surface area contributed by atoms with E-state index in [1.54, 1.807) is 11.6 Å². The fraction of sp³-hybridized carbons (Fsp3) is 0.636. The highest BCUT2D eigenvalue weighted by Crippen LogP contribution is 2.39. The van der Waals surface area contributed by atoms with Crippen molar-refractivity contribution in [3.63, 3.8) is 0 Å². The van der Waals surface area contributed by atoms with Crippen LogP contribution in [0.3, 0.4) is 0 Å². The zero-order valence-corrected chi connectivity index (χ0v) is 10.7. The number of aromatic nitrogens is 2. The van der Waals surface area contributed by atoms with Gasteiger partial charge in [0.2, 0.25) is 0 Å². The van der Waals surface area contributed by atoms with Crippen LogP contribution in [-0.4, -0.2) is 26.4 Å². The third kappa shape index (κ3) is 2.05. The highest BCUT2D eigenvalue weighted by molar-refractivity contribution is 6.31. The summed E-state index contributed by atoms with van der Waals surface area (Å²) in [7, 11) is 0. The topological polar surface area (TPSA) is 81.1 Å². The Morgan fingerprint density at radius 2 is 2.24 bits per heavy atom. The Hall–Kier alpha value is -1.07. The first-order valence-corrected chi connectivity index (χ1v) is 5.96. The number of aliphatic carboxylic acids is 1. The van der Waals surface area contributed by atoms with E-state index in [1.165, 1.54) is 0 Å². The Morgan fingerprint density at radius 1 is 1.65 bits per heavy atom. The van der Waals surface area contributed by atoms with Crippen LogP contribution in [-0.2, 0) is 11.3 Å². The van der Waals surface area contributed by atoms with Gasteiger partial charge in [0.05, 0.1) is 23.0 Å². The number of hydrogen-bond donors (Lipinski definition) is 2. The van der Waals surface area contributed by atoms with Gasteiger partial charge < -0.3 is 10.8 Å². The monoisotopic (exact) mass is 257 g/mol. The fourth-order valence-electron chi connectivity index (χ4n) is 2.05. The van der Waals surface area contributed by atoms with Crippen molar-refractivity contribution in [2.45, 2.75) is 38.8 Å². The molecule has 1 saturated carbocycles. The Morgan fingerprint density at radius 3 is 2.59 bits per heavy atom. The van der Waals surface area contributed by atoms with Crippen LogP contribution in [0.5, 0.6) is 0 Å². The number of carbonyl (C=O) groups is 1. The second kappa shape index (κ2) is 3.99. The van der Waals surface area contributed by atoms with E-state index in [9.17, 15) is 9.90 Å². The molecule has 6 heteroatoms. The van der Waals surface area contributed by atoms with Gasteiger partial charge in [0.25, 0.3) is 0 Å². The summed E-state index contributed by atoms with van der Waals surface area (Å²) in [5.41, 5.74) is 6.24. The Balaban J connectivity index is 2.29. The van der Waals surface area contributed by atoms with Gasteiger partial charge in [-0.05, 0) is 32.6 Å². The predicted octanol–water partition coefficient (Wildman–Crippen LogP) is 1.35. The summed E-state index contributed by atoms with van der Waals surface area (Å²) in [5.74, 6) is -0.925. The molecule has 0 radical (unpaired) electrons. The number of nitrogens with two attached hydrogens (primary N) is 1. The quantitative estimate of drug-likeness (QED) is 0.853. The minimum Gasteiger partial charge on any atom is -0.480 e. The van der Waals surface area contributed by atoms with Crippen LogP contribution in [0, 0.1) is 19.8 Å². The molecule has 1 aliphatic rings. The first-order chi connectivity index (χ1) is 7.86. The molecule has 0 aliphatic heterocycles. The Kier molecular flexibility index (Phi) is 2.91. The van der Waals surface area contributed by atoms with Crippen molar-refractivity contribution >= 4 is 17.6 Å². The zero-order chi connectivity index (χ0) is 12.8. The number of halogens is 1. The van der Waals surface area contributed by atoms with Crippen LogP contribution in [0.15, 0.2) is 0 Å². The average Bonchev–Trinajstić information content (AvgIpc) is 3.06. The third-order valence-electron chi connectivity index (χ3n) is 3.41. The SMILES string of the molecule is Cc1nn(CC(N)(C(=O)O)C2CC2)c(C)c1Cl. The van der Waals surface area contributed by atoms with Crippen molar-refractivity contribution in [2.24, 2.45) is 11.7 Å². The molecule has 2 rings (SSSR count). The van der Waals surface area contributed by atoms with Crippen molar-refractivity contribution in [3.05, 3.63) is 16.4 Å². The third-order valence-corrected chi connectivity index (χ3v) is 3.96. The molecule has 1 heterocycles. The molecule has 94 valence electrons. The van der Waals surface area contributed by atoms with Gasteiger partial charge in [-0.25, -0.2) is 0 Å². The van der Waals surface area contributed by atoms with Gasteiger partial charge in [-0.3, -0.25) is 9.48 Å². The maximum Gasteiger partial charge on any atom is 0.325 e. The summed E-state index contributed by atoms with van der Waals surface area (Å²) >= 11 is 6.03. The number of carboxylic acid groups (broad SMARTS) is 1. The molecule has 1 aliphatic carbocycles. The van der Waals surface area contributed by atoms with Crippen molar-refractivity contribution in [3.8, 4) is 0 Å².